The predicted octanol–water partition coefficient (Wildman–Crippen LogP) is 2.66. The third-order valence-corrected chi connectivity index (χ3v) is 4.94. The topological polar surface area (TPSA) is 117 Å². The molecule has 1 heterocycles. The van der Waals surface area contributed by atoms with E-state index < -0.39 is 5.91 Å². The second-order valence-corrected chi connectivity index (χ2v) is 6.73. The smallest absolute Gasteiger partial charge is 0.248 e. The lowest BCUT2D eigenvalue weighted by molar-refractivity contribution is 0.0997. The van der Waals surface area contributed by atoms with Gasteiger partial charge in [0.25, 0.3) is 0 Å². The van der Waals surface area contributed by atoms with E-state index in [1.165, 1.54) is 33.1 Å². The Morgan fingerprint density at radius 3 is 2.29 bits per heavy atom. The van der Waals surface area contributed by atoms with Gasteiger partial charge in [-0.2, -0.15) is 0 Å². The quantitative estimate of drug-likeness (QED) is 0.440. The van der Waals surface area contributed by atoms with Crippen LogP contribution in [0.3, 0.4) is 0 Å². The first-order valence-electron chi connectivity index (χ1n) is 8.22. The van der Waals surface area contributed by atoms with Crippen LogP contribution in [0.1, 0.15) is 20.7 Å². The minimum atomic E-state index is -0.511. The summed E-state index contributed by atoms with van der Waals surface area (Å²) in [7, 11) is 4.49. The molecule has 0 saturated carbocycles. The Labute approximate surface area is 165 Å². The second kappa shape index (κ2) is 8.22. The molecule has 0 aliphatic rings. The number of primary amides is 1. The van der Waals surface area contributed by atoms with Crippen molar-refractivity contribution in [1.29, 1.82) is 0 Å². The summed E-state index contributed by atoms with van der Waals surface area (Å²) in [5.41, 5.74) is 7.49. The zero-order valence-electron chi connectivity index (χ0n) is 15.6. The Bertz CT molecular complexity index is 1020. The molecule has 0 bridgehead atoms. The zero-order chi connectivity index (χ0) is 20.3. The molecule has 0 saturated heterocycles. The summed E-state index contributed by atoms with van der Waals surface area (Å²) in [6.07, 6.45) is 0. The number of methoxy groups -OCH3 is 3. The maximum Gasteiger partial charge on any atom is 0.248 e. The van der Waals surface area contributed by atoms with Gasteiger partial charge in [0.05, 0.1) is 38.1 Å². The van der Waals surface area contributed by atoms with Gasteiger partial charge in [-0.1, -0.05) is 11.8 Å². The van der Waals surface area contributed by atoms with Crippen LogP contribution < -0.4 is 19.9 Å². The Hall–Kier alpha value is -3.20. The number of nitrogens with two attached hydrogens (primary N) is 1. The van der Waals surface area contributed by atoms with Crippen molar-refractivity contribution in [2.45, 2.75) is 5.16 Å². The number of aromatic nitrogens is 2. The molecule has 0 unspecified atom stereocenters. The number of amides is 1. The number of nitrogens with zero attached hydrogens (tertiary/aromatic N) is 1. The van der Waals surface area contributed by atoms with E-state index in [4.69, 9.17) is 19.9 Å². The minimum Gasteiger partial charge on any atom is -0.493 e. The number of hydrogen-bond acceptors (Lipinski definition) is 7. The van der Waals surface area contributed by atoms with Crippen LogP contribution in [0, 0.1) is 0 Å². The number of fused-ring (bicyclic) bond motifs is 1. The molecule has 3 rings (SSSR count). The van der Waals surface area contributed by atoms with Gasteiger partial charge in [-0.25, -0.2) is 4.98 Å². The molecule has 146 valence electrons. The summed E-state index contributed by atoms with van der Waals surface area (Å²) < 4.78 is 15.8. The molecule has 3 N–H and O–H groups in total. The van der Waals surface area contributed by atoms with Crippen LogP contribution in [0.25, 0.3) is 11.0 Å². The van der Waals surface area contributed by atoms with Gasteiger partial charge >= 0.3 is 0 Å². The lowest BCUT2D eigenvalue weighted by Crippen LogP contribution is -2.10. The van der Waals surface area contributed by atoms with E-state index in [0.717, 1.165) is 0 Å². The van der Waals surface area contributed by atoms with E-state index in [9.17, 15) is 9.59 Å². The highest BCUT2D eigenvalue weighted by molar-refractivity contribution is 7.99. The van der Waals surface area contributed by atoms with Crippen molar-refractivity contribution < 1.29 is 23.8 Å². The van der Waals surface area contributed by atoms with E-state index in [0.29, 0.717) is 44.6 Å². The number of imidazole rings is 1. The molecule has 8 nitrogen and oxygen atoms in total. The number of thioether (sulfide) groups is 1. The Balaban J connectivity index is 1.78. The number of benzene rings is 2. The number of carbonyl (C=O) groups is 2. The van der Waals surface area contributed by atoms with Crippen molar-refractivity contribution in [3.63, 3.8) is 0 Å². The predicted molar refractivity (Wildman–Crippen MR) is 106 cm³/mol. The number of carbonyl (C=O) groups excluding carboxylic acids is 2. The van der Waals surface area contributed by atoms with Gasteiger partial charge in [0, 0.05) is 11.1 Å². The van der Waals surface area contributed by atoms with Crippen LogP contribution in [0.5, 0.6) is 17.2 Å². The molecule has 0 fully saturated rings. The maximum atomic E-state index is 12.6. The first kappa shape index (κ1) is 19.6. The molecule has 1 aromatic heterocycles. The van der Waals surface area contributed by atoms with Gasteiger partial charge in [-0.15, -0.1) is 0 Å². The average Bonchev–Trinajstić information content (AvgIpc) is 3.12. The zero-order valence-corrected chi connectivity index (χ0v) is 16.4. The van der Waals surface area contributed by atoms with Crippen LogP contribution in [0.4, 0.5) is 0 Å². The van der Waals surface area contributed by atoms with E-state index >= 15 is 0 Å². The lowest BCUT2D eigenvalue weighted by Gasteiger charge is -2.13. The SMILES string of the molecule is COc1cc(C(=O)CSc2nc3ccc(C(N)=O)cc3[nH]2)cc(OC)c1OC. The van der Waals surface area contributed by atoms with Crippen molar-refractivity contribution in [1.82, 2.24) is 9.97 Å². The third kappa shape index (κ3) is 3.89. The molecule has 3 aromatic rings. The fraction of sp³-hybridized carbons (Fsp3) is 0.211. The molecule has 28 heavy (non-hydrogen) atoms. The van der Waals surface area contributed by atoms with Crippen LogP contribution >= 0.6 is 11.8 Å². The Morgan fingerprint density at radius 2 is 1.71 bits per heavy atom. The average molecular weight is 401 g/mol. The third-order valence-electron chi connectivity index (χ3n) is 4.07. The molecule has 0 spiro atoms. The van der Waals surface area contributed by atoms with E-state index in [-0.39, 0.29) is 11.5 Å². The maximum absolute atomic E-state index is 12.6. The molecule has 0 aliphatic heterocycles. The van der Waals surface area contributed by atoms with Crippen molar-refractivity contribution in [3.8, 4) is 17.2 Å². The summed E-state index contributed by atoms with van der Waals surface area (Å²) in [6, 6.07) is 8.18. The number of rotatable bonds is 8. The number of ether oxygens (including phenoxy) is 3. The van der Waals surface area contributed by atoms with Crippen LogP contribution in [0.2, 0.25) is 0 Å². The number of nitrogens with one attached hydrogen (secondary N) is 1. The number of hydrogen-bond donors (Lipinski definition) is 2. The summed E-state index contributed by atoms with van der Waals surface area (Å²) >= 11 is 1.25. The fourth-order valence-corrected chi connectivity index (χ4v) is 3.45. The first-order chi connectivity index (χ1) is 13.5. The second-order valence-electron chi connectivity index (χ2n) is 5.76. The van der Waals surface area contributed by atoms with Gasteiger partial charge in [-0.05, 0) is 30.3 Å². The van der Waals surface area contributed by atoms with Crippen LogP contribution in [-0.2, 0) is 0 Å². The van der Waals surface area contributed by atoms with Gasteiger partial charge in [0.15, 0.2) is 22.4 Å². The number of ketones is 1. The highest BCUT2D eigenvalue weighted by Crippen LogP contribution is 2.38. The van der Waals surface area contributed by atoms with Gasteiger partial charge in [-0.3, -0.25) is 9.59 Å². The lowest BCUT2D eigenvalue weighted by atomic mass is 10.1. The number of Topliss-reactive ketones (excluding diaryl/α,β-unsaturated/α-hetero) is 1. The van der Waals surface area contributed by atoms with Crippen LogP contribution in [-0.4, -0.2) is 48.7 Å². The minimum absolute atomic E-state index is 0.123. The Kier molecular flexibility index (Phi) is 5.74. The molecular weight excluding hydrogens is 382 g/mol. The molecule has 2 aromatic carbocycles. The molecular formula is C19H19N3O5S. The summed E-state index contributed by atoms with van der Waals surface area (Å²) in [5.74, 6) is 0.777. The van der Waals surface area contributed by atoms with Crippen molar-refractivity contribution >= 4 is 34.5 Å². The summed E-state index contributed by atoms with van der Waals surface area (Å²) in [5, 5.41) is 0.567. The molecule has 0 atom stereocenters. The fourth-order valence-electron chi connectivity index (χ4n) is 2.67. The molecule has 1 amide bonds. The van der Waals surface area contributed by atoms with Crippen molar-refractivity contribution in [3.05, 3.63) is 41.5 Å². The van der Waals surface area contributed by atoms with E-state index in [1.807, 2.05) is 0 Å². The highest BCUT2D eigenvalue weighted by Gasteiger charge is 2.17. The van der Waals surface area contributed by atoms with E-state index in [1.54, 1.807) is 30.3 Å². The van der Waals surface area contributed by atoms with Crippen LogP contribution in [0.15, 0.2) is 35.5 Å². The molecule has 0 aliphatic carbocycles. The summed E-state index contributed by atoms with van der Waals surface area (Å²) in [6.45, 7) is 0. The normalized spacial score (nSPS) is 10.7. The Morgan fingerprint density at radius 1 is 1.04 bits per heavy atom. The summed E-state index contributed by atoms with van der Waals surface area (Å²) in [4.78, 5) is 31.4. The number of H-pyrrole nitrogens is 1. The van der Waals surface area contributed by atoms with Gasteiger partial charge < -0.3 is 24.9 Å². The van der Waals surface area contributed by atoms with Gasteiger partial charge in [0.1, 0.15) is 0 Å². The van der Waals surface area contributed by atoms with E-state index in [2.05, 4.69) is 9.97 Å². The number of aromatic amines is 1. The highest BCUT2D eigenvalue weighted by atomic mass is 32.2. The van der Waals surface area contributed by atoms with Gasteiger partial charge in [0.2, 0.25) is 11.7 Å². The van der Waals surface area contributed by atoms with Crippen molar-refractivity contribution in [2.75, 3.05) is 27.1 Å². The first-order valence-corrected chi connectivity index (χ1v) is 9.21. The largest absolute Gasteiger partial charge is 0.493 e. The molecule has 0 radical (unpaired) electrons. The standard InChI is InChI=1S/C19H19N3O5S/c1-25-15-7-11(8-16(26-2)17(15)27-3)14(23)9-28-19-21-12-5-4-10(18(20)24)6-13(12)22-19/h4-8H,9H2,1-3H3,(H2,20,24)(H,21,22). The van der Waals surface area contributed by atoms with Crippen molar-refractivity contribution in [2.24, 2.45) is 5.73 Å². The monoisotopic (exact) mass is 401 g/mol. The molecule has 9 heteroatoms.